The molecule has 5 nitrogen and oxygen atoms in total. The van der Waals surface area contributed by atoms with Crippen molar-refractivity contribution >= 4 is 5.91 Å². The van der Waals surface area contributed by atoms with Crippen molar-refractivity contribution < 1.29 is 9.53 Å². The Kier molecular flexibility index (Phi) is 4.72. The average Bonchev–Trinajstić information content (AvgIpc) is 2.62. The first-order valence-electron chi connectivity index (χ1n) is 7.95. The predicted octanol–water partition coefficient (Wildman–Crippen LogP) is 2.60. The van der Waals surface area contributed by atoms with E-state index in [1.807, 2.05) is 23.1 Å². The summed E-state index contributed by atoms with van der Waals surface area (Å²) in [5.41, 5.74) is 1.30. The van der Waals surface area contributed by atoms with Crippen molar-refractivity contribution in [1.82, 2.24) is 9.88 Å². The molecule has 0 spiro atoms. The SMILES string of the molecule is N#Cc1ccnc(O[C@@H]2CCCN(C(=O)C3=CCCC=C3)C2)c1. The van der Waals surface area contributed by atoms with E-state index >= 15 is 0 Å². The fraction of sp³-hybridized carbons (Fsp3) is 0.389. The van der Waals surface area contributed by atoms with Gasteiger partial charge in [0.1, 0.15) is 6.10 Å². The maximum Gasteiger partial charge on any atom is 0.253 e. The molecular weight excluding hydrogens is 290 g/mol. The van der Waals surface area contributed by atoms with Gasteiger partial charge in [0.15, 0.2) is 0 Å². The summed E-state index contributed by atoms with van der Waals surface area (Å²) in [6.45, 7) is 1.32. The van der Waals surface area contributed by atoms with Crippen molar-refractivity contribution in [3.63, 3.8) is 0 Å². The summed E-state index contributed by atoms with van der Waals surface area (Å²) in [6.07, 6.45) is 11.2. The van der Waals surface area contributed by atoms with Gasteiger partial charge in [0.05, 0.1) is 18.2 Å². The van der Waals surface area contributed by atoms with Gasteiger partial charge in [0.2, 0.25) is 5.88 Å². The molecule has 23 heavy (non-hydrogen) atoms. The van der Waals surface area contributed by atoms with E-state index in [0.29, 0.717) is 18.0 Å². The molecule has 5 heteroatoms. The third-order valence-electron chi connectivity index (χ3n) is 4.06. The van der Waals surface area contributed by atoms with E-state index in [-0.39, 0.29) is 12.0 Å². The van der Waals surface area contributed by atoms with E-state index in [2.05, 4.69) is 11.1 Å². The molecule has 0 saturated carbocycles. The quantitative estimate of drug-likeness (QED) is 0.861. The summed E-state index contributed by atoms with van der Waals surface area (Å²) in [5, 5.41) is 8.93. The molecule has 0 bridgehead atoms. The largest absolute Gasteiger partial charge is 0.472 e. The highest BCUT2D eigenvalue weighted by atomic mass is 16.5. The Balaban J connectivity index is 1.64. The van der Waals surface area contributed by atoms with E-state index < -0.39 is 0 Å². The number of nitrogens with zero attached hydrogens (tertiary/aromatic N) is 3. The van der Waals surface area contributed by atoms with Gasteiger partial charge in [-0.1, -0.05) is 18.2 Å². The molecule has 1 aromatic rings. The van der Waals surface area contributed by atoms with Crippen LogP contribution in [-0.4, -0.2) is 35.0 Å². The first-order chi connectivity index (χ1) is 11.3. The molecule has 1 amide bonds. The van der Waals surface area contributed by atoms with Crippen molar-refractivity contribution in [2.75, 3.05) is 13.1 Å². The monoisotopic (exact) mass is 309 g/mol. The Labute approximate surface area is 135 Å². The van der Waals surface area contributed by atoms with Crippen LogP contribution >= 0.6 is 0 Å². The van der Waals surface area contributed by atoms with Crippen LogP contribution in [0.5, 0.6) is 5.88 Å². The highest BCUT2D eigenvalue weighted by Crippen LogP contribution is 2.20. The molecule has 0 radical (unpaired) electrons. The van der Waals surface area contributed by atoms with Gasteiger partial charge in [-0.15, -0.1) is 0 Å². The number of aromatic nitrogens is 1. The number of carbonyl (C=O) groups is 1. The van der Waals surface area contributed by atoms with Crippen LogP contribution in [0.25, 0.3) is 0 Å². The van der Waals surface area contributed by atoms with E-state index in [1.165, 1.54) is 0 Å². The van der Waals surface area contributed by atoms with Gasteiger partial charge in [0, 0.05) is 24.4 Å². The van der Waals surface area contributed by atoms with Crippen LogP contribution in [-0.2, 0) is 4.79 Å². The molecule has 3 rings (SSSR count). The molecule has 1 aromatic heterocycles. The number of likely N-dealkylation sites (tertiary alicyclic amines) is 1. The number of hydrogen-bond donors (Lipinski definition) is 0. The topological polar surface area (TPSA) is 66.2 Å². The summed E-state index contributed by atoms with van der Waals surface area (Å²) >= 11 is 0. The van der Waals surface area contributed by atoms with Gasteiger partial charge >= 0.3 is 0 Å². The number of allylic oxidation sites excluding steroid dienone is 2. The second kappa shape index (κ2) is 7.10. The highest BCUT2D eigenvalue weighted by molar-refractivity contribution is 5.96. The summed E-state index contributed by atoms with van der Waals surface area (Å²) in [7, 11) is 0. The molecular formula is C18H19N3O2. The molecule has 1 saturated heterocycles. The molecule has 0 unspecified atom stereocenters. The lowest BCUT2D eigenvalue weighted by molar-refractivity contribution is -0.129. The number of nitriles is 1. The lowest BCUT2D eigenvalue weighted by Crippen LogP contribution is -2.44. The fourth-order valence-electron chi connectivity index (χ4n) is 2.89. The van der Waals surface area contributed by atoms with Crippen LogP contribution in [0.15, 0.2) is 42.1 Å². The van der Waals surface area contributed by atoms with Crippen molar-refractivity contribution in [3.05, 3.63) is 47.7 Å². The van der Waals surface area contributed by atoms with Crippen LogP contribution in [0.2, 0.25) is 0 Å². The molecule has 118 valence electrons. The molecule has 1 aliphatic heterocycles. The van der Waals surface area contributed by atoms with Crippen molar-refractivity contribution in [2.45, 2.75) is 31.8 Å². The summed E-state index contributed by atoms with van der Waals surface area (Å²) < 4.78 is 5.87. The zero-order chi connectivity index (χ0) is 16.1. The molecule has 1 atom stereocenters. The van der Waals surface area contributed by atoms with Gasteiger partial charge < -0.3 is 9.64 Å². The van der Waals surface area contributed by atoms with E-state index in [4.69, 9.17) is 10.00 Å². The van der Waals surface area contributed by atoms with Gasteiger partial charge in [-0.2, -0.15) is 5.26 Å². The fourth-order valence-corrected chi connectivity index (χ4v) is 2.89. The summed E-state index contributed by atoms with van der Waals surface area (Å²) in [5.74, 6) is 0.521. The van der Waals surface area contributed by atoms with Crippen molar-refractivity contribution in [1.29, 1.82) is 5.26 Å². The van der Waals surface area contributed by atoms with Gasteiger partial charge in [-0.05, 0) is 31.7 Å². The van der Waals surface area contributed by atoms with Crippen LogP contribution in [0.1, 0.15) is 31.2 Å². The minimum atomic E-state index is -0.0812. The standard InChI is InChI=1S/C18H19N3O2/c19-12-14-8-9-20-17(11-14)23-16-7-4-10-21(13-16)18(22)15-5-2-1-3-6-15/h2,5-6,8-9,11,16H,1,3-4,7,10,13H2/t16-/m1/s1. The van der Waals surface area contributed by atoms with Crippen molar-refractivity contribution in [3.8, 4) is 11.9 Å². The molecule has 2 heterocycles. The normalized spacial score (nSPS) is 20.6. The van der Waals surface area contributed by atoms with Crippen LogP contribution in [0.4, 0.5) is 0 Å². The van der Waals surface area contributed by atoms with E-state index in [1.54, 1.807) is 18.3 Å². The lowest BCUT2D eigenvalue weighted by atomic mass is 10.0. The number of rotatable bonds is 3. The summed E-state index contributed by atoms with van der Waals surface area (Å²) in [4.78, 5) is 18.5. The van der Waals surface area contributed by atoms with E-state index in [0.717, 1.165) is 37.8 Å². The molecule has 2 aliphatic rings. The number of piperidine rings is 1. The smallest absolute Gasteiger partial charge is 0.253 e. The second-order valence-corrected chi connectivity index (χ2v) is 5.77. The Morgan fingerprint density at radius 2 is 2.35 bits per heavy atom. The van der Waals surface area contributed by atoms with Gasteiger partial charge in [-0.3, -0.25) is 4.79 Å². The van der Waals surface area contributed by atoms with Gasteiger partial charge in [-0.25, -0.2) is 4.98 Å². The number of ether oxygens (including phenoxy) is 1. The van der Waals surface area contributed by atoms with Crippen molar-refractivity contribution in [2.24, 2.45) is 0 Å². The minimum Gasteiger partial charge on any atom is -0.472 e. The number of carbonyl (C=O) groups excluding carboxylic acids is 1. The zero-order valence-electron chi connectivity index (χ0n) is 12.9. The second-order valence-electron chi connectivity index (χ2n) is 5.77. The number of amides is 1. The number of hydrogen-bond acceptors (Lipinski definition) is 4. The summed E-state index contributed by atoms with van der Waals surface area (Å²) in [6, 6.07) is 5.35. The number of pyridine rings is 1. The average molecular weight is 309 g/mol. The van der Waals surface area contributed by atoms with Crippen LogP contribution in [0, 0.1) is 11.3 Å². The Hall–Kier alpha value is -2.61. The lowest BCUT2D eigenvalue weighted by Gasteiger charge is -2.33. The Bertz CT molecular complexity index is 688. The predicted molar refractivity (Wildman–Crippen MR) is 85.6 cm³/mol. The Morgan fingerprint density at radius 1 is 1.43 bits per heavy atom. The first kappa shape index (κ1) is 15.3. The third kappa shape index (κ3) is 3.78. The maximum absolute atomic E-state index is 12.5. The molecule has 0 aromatic carbocycles. The highest BCUT2D eigenvalue weighted by Gasteiger charge is 2.26. The molecule has 0 N–H and O–H groups in total. The van der Waals surface area contributed by atoms with Crippen LogP contribution in [0.3, 0.4) is 0 Å². The molecule has 1 aliphatic carbocycles. The Morgan fingerprint density at radius 3 is 3.13 bits per heavy atom. The van der Waals surface area contributed by atoms with Gasteiger partial charge in [0.25, 0.3) is 5.91 Å². The maximum atomic E-state index is 12.5. The first-order valence-corrected chi connectivity index (χ1v) is 7.95. The van der Waals surface area contributed by atoms with E-state index in [9.17, 15) is 4.79 Å². The zero-order valence-corrected chi connectivity index (χ0v) is 12.9. The molecule has 1 fully saturated rings. The van der Waals surface area contributed by atoms with Crippen LogP contribution < -0.4 is 4.74 Å². The third-order valence-corrected chi connectivity index (χ3v) is 4.06. The minimum absolute atomic E-state index is 0.0768.